The third kappa shape index (κ3) is 4.47. The first kappa shape index (κ1) is 26.2. The van der Waals surface area contributed by atoms with Gasteiger partial charge >= 0.3 is 0 Å². The number of pyridine rings is 1. The van der Waals surface area contributed by atoms with Gasteiger partial charge in [-0.25, -0.2) is 15.0 Å². The summed E-state index contributed by atoms with van der Waals surface area (Å²) in [4.78, 5) is 20.2. The minimum atomic E-state index is 0.541. The average molecular weight is 587 g/mol. The van der Waals surface area contributed by atoms with Gasteiger partial charge in [0.1, 0.15) is 5.69 Å². The number of aromatic nitrogens is 4. The maximum atomic E-state index is 5.11. The van der Waals surface area contributed by atoms with Crippen molar-refractivity contribution in [1.29, 1.82) is 0 Å². The van der Waals surface area contributed by atoms with Crippen LogP contribution in [0, 0.1) is 0 Å². The van der Waals surface area contributed by atoms with Crippen LogP contribution in [0.1, 0.15) is 0 Å². The van der Waals surface area contributed by atoms with Crippen molar-refractivity contribution in [2.24, 2.45) is 0 Å². The Bertz CT molecular complexity index is 2570. The zero-order valence-electron chi connectivity index (χ0n) is 24.8. The number of hydrogen-bond donors (Lipinski definition) is 0. The molecule has 0 saturated carbocycles. The van der Waals surface area contributed by atoms with Crippen LogP contribution in [0.3, 0.4) is 0 Å². The summed E-state index contributed by atoms with van der Waals surface area (Å²) in [6, 6.07) is 52.7. The second-order valence-electron chi connectivity index (χ2n) is 11.5. The molecule has 4 heteroatoms. The molecule has 9 rings (SSSR count). The van der Waals surface area contributed by atoms with E-state index in [9.17, 15) is 0 Å². The van der Waals surface area contributed by atoms with Crippen molar-refractivity contribution in [3.8, 4) is 45.4 Å². The van der Waals surface area contributed by atoms with Crippen molar-refractivity contribution in [2.45, 2.75) is 0 Å². The van der Waals surface area contributed by atoms with E-state index >= 15 is 0 Å². The summed E-state index contributed by atoms with van der Waals surface area (Å²) in [5.41, 5.74) is 4.90. The molecule has 0 aliphatic rings. The molecule has 7 aromatic carbocycles. The fourth-order valence-corrected chi connectivity index (χ4v) is 6.44. The Hall–Kier alpha value is -6.26. The van der Waals surface area contributed by atoms with Crippen LogP contribution in [0.5, 0.6) is 0 Å². The van der Waals surface area contributed by atoms with E-state index in [1.165, 1.54) is 27.1 Å². The van der Waals surface area contributed by atoms with Crippen molar-refractivity contribution in [1.82, 2.24) is 19.9 Å². The van der Waals surface area contributed by atoms with Gasteiger partial charge in [0.05, 0.1) is 0 Å². The predicted molar refractivity (Wildman–Crippen MR) is 189 cm³/mol. The molecule has 9 aromatic rings. The van der Waals surface area contributed by atoms with Crippen LogP contribution < -0.4 is 0 Å². The summed E-state index contributed by atoms with van der Waals surface area (Å²) in [6.07, 6.45) is 1.94. The lowest BCUT2D eigenvalue weighted by molar-refractivity contribution is 1.06. The molecular formula is C42H26N4. The Morgan fingerprint density at radius 1 is 0.326 bits per heavy atom. The molecule has 0 atom stereocenters. The average Bonchev–Trinajstić information content (AvgIpc) is 3.14. The van der Waals surface area contributed by atoms with Gasteiger partial charge in [-0.1, -0.05) is 140 Å². The van der Waals surface area contributed by atoms with Crippen molar-refractivity contribution < 1.29 is 0 Å². The van der Waals surface area contributed by atoms with E-state index in [1.54, 1.807) is 0 Å². The highest BCUT2D eigenvalue weighted by atomic mass is 15.0. The van der Waals surface area contributed by atoms with E-state index in [1.807, 2.05) is 12.3 Å². The van der Waals surface area contributed by atoms with Crippen molar-refractivity contribution in [3.63, 3.8) is 0 Å². The maximum Gasteiger partial charge on any atom is 0.182 e. The van der Waals surface area contributed by atoms with E-state index < -0.39 is 0 Å². The predicted octanol–water partition coefficient (Wildman–Crippen LogP) is 10.5. The lowest BCUT2D eigenvalue weighted by atomic mass is 9.97. The smallest absolute Gasteiger partial charge is 0.182 e. The van der Waals surface area contributed by atoms with Gasteiger partial charge in [0.25, 0.3) is 0 Å². The van der Waals surface area contributed by atoms with Gasteiger partial charge in [-0.15, -0.1) is 0 Å². The molecule has 214 valence electrons. The highest BCUT2D eigenvalue weighted by molar-refractivity contribution is 6.13. The summed E-state index contributed by atoms with van der Waals surface area (Å²) >= 11 is 0. The van der Waals surface area contributed by atoms with Crippen LogP contribution in [0.4, 0.5) is 0 Å². The first-order valence-electron chi connectivity index (χ1n) is 15.4. The summed E-state index contributed by atoms with van der Waals surface area (Å²) in [5.74, 6) is 1.77. The molecule has 0 fully saturated rings. The highest BCUT2D eigenvalue weighted by Gasteiger charge is 2.17. The van der Waals surface area contributed by atoms with E-state index in [-0.39, 0.29) is 0 Å². The van der Waals surface area contributed by atoms with Crippen molar-refractivity contribution >= 4 is 43.1 Å². The van der Waals surface area contributed by atoms with Crippen molar-refractivity contribution in [2.75, 3.05) is 0 Å². The fourth-order valence-electron chi connectivity index (χ4n) is 6.44. The van der Waals surface area contributed by atoms with E-state index in [2.05, 4.69) is 146 Å². The lowest BCUT2D eigenvalue weighted by Gasteiger charge is -2.13. The topological polar surface area (TPSA) is 51.6 Å². The van der Waals surface area contributed by atoms with Gasteiger partial charge in [0.15, 0.2) is 17.5 Å². The largest absolute Gasteiger partial charge is 0.252 e. The molecule has 0 N–H and O–H groups in total. The Labute approximate surface area is 265 Å². The fraction of sp³-hybridized carbons (Fsp3) is 0. The quantitative estimate of drug-likeness (QED) is 0.193. The van der Waals surface area contributed by atoms with Gasteiger partial charge < -0.3 is 0 Å². The normalized spacial score (nSPS) is 11.5. The summed E-state index contributed by atoms with van der Waals surface area (Å²) < 4.78 is 0. The van der Waals surface area contributed by atoms with Crippen LogP contribution in [0.2, 0.25) is 0 Å². The summed E-state index contributed by atoms with van der Waals surface area (Å²) in [5, 5.41) is 9.18. The number of hydrogen-bond acceptors (Lipinski definition) is 4. The van der Waals surface area contributed by atoms with Crippen LogP contribution >= 0.6 is 0 Å². The third-order valence-corrected chi connectivity index (χ3v) is 8.75. The van der Waals surface area contributed by atoms with Crippen molar-refractivity contribution in [3.05, 3.63) is 158 Å². The van der Waals surface area contributed by atoms with Crippen LogP contribution in [-0.4, -0.2) is 19.9 Å². The molecular weight excluding hydrogens is 560 g/mol. The number of benzene rings is 7. The molecule has 0 unspecified atom stereocenters. The molecule has 0 saturated heterocycles. The molecule has 0 amide bonds. The number of rotatable bonds is 4. The zero-order chi connectivity index (χ0) is 30.5. The first-order valence-corrected chi connectivity index (χ1v) is 15.4. The second-order valence-corrected chi connectivity index (χ2v) is 11.5. The molecule has 4 nitrogen and oxygen atoms in total. The Morgan fingerprint density at radius 3 is 1.67 bits per heavy atom. The minimum absolute atomic E-state index is 0.541. The summed E-state index contributed by atoms with van der Waals surface area (Å²) in [7, 11) is 0. The number of fused-ring (bicyclic) bond motifs is 6. The molecule has 2 aromatic heterocycles. The van der Waals surface area contributed by atoms with Gasteiger partial charge in [-0.2, -0.15) is 0 Å². The van der Waals surface area contributed by atoms with Crippen LogP contribution in [0.25, 0.3) is 88.5 Å². The summed E-state index contributed by atoms with van der Waals surface area (Å²) in [6.45, 7) is 0. The molecule has 46 heavy (non-hydrogen) atoms. The van der Waals surface area contributed by atoms with E-state index in [4.69, 9.17) is 19.9 Å². The Morgan fingerprint density at radius 2 is 0.870 bits per heavy atom. The minimum Gasteiger partial charge on any atom is -0.252 e. The molecule has 0 aliphatic heterocycles. The molecule has 0 aliphatic carbocycles. The molecule has 0 bridgehead atoms. The van der Waals surface area contributed by atoms with Gasteiger partial charge in [-0.05, 0) is 61.0 Å². The number of nitrogens with zero attached hydrogens (tertiary/aromatic N) is 4. The maximum absolute atomic E-state index is 5.11. The Balaban J connectivity index is 1.26. The SMILES string of the molecule is c1ccc(-c2ccc(-c3nc(-c4cc5ccc6ccccc6c5cn4)nc(-c4cc5ccccc5c5ccccc45)n3)cc2)cc1. The first-order chi connectivity index (χ1) is 22.8. The molecule has 2 heterocycles. The van der Waals surface area contributed by atoms with Gasteiger partial charge in [0.2, 0.25) is 0 Å². The third-order valence-electron chi connectivity index (χ3n) is 8.75. The lowest BCUT2D eigenvalue weighted by Crippen LogP contribution is -2.02. The van der Waals surface area contributed by atoms with Gasteiger partial charge in [-0.3, -0.25) is 4.98 Å². The molecule has 0 radical (unpaired) electrons. The van der Waals surface area contributed by atoms with E-state index in [0.29, 0.717) is 23.2 Å². The highest BCUT2D eigenvalue weighted by Crippen LogP contribution is 2.35. The second kappa shape index (κ2) is 10.7. The monoisotopic (exact) mass is 586 g/mol. The van der Waals surface area contributed by atoms with Gasteiger partial charge in [0, 0.05) is 22.7 Å². The Kier molecular flexibility index (Phi) is 6.10. The molecule has 0 spiro atoms. The zero-order valence-corrected chi connectivity index (χ0v) is 24.8. The van der Waals surface area contributed by atoms with E-state index in [0.717, 1.165) is 38.2 Å². The van der Waals surface area contributed by atoms with Crippen LogP contribution in [0.15, 0.2) is 158 Å². The standard InChI is InChI=1S/C42H26N4/c1-2-10-27(11-3-1)28-18-21-30(22-19-28)40-44-41(37-24-31-13-5-7-15-34(31)35-16-8-9-17-36(35)37)46-42(45-40)39-25-32-23-20-29-12-4-6-14-33(29)38(32)26-43-39/h1-26H. The van der Waals surface area contributed by atoms with Crippen LogP contribution in [-0.2, 0) is 0 Å².